The fraction of sp³-hybridized carbons (Fsp3) is 0.600. The number of piperidine rings is 1. The molecule has 0 unspecified atom stereocenters. The van der Waals surface area contributed by atoms with Crippen LogP contribution in [0.1, 0.15) is 31.7 Å². The number of alkyl halides is 1. The number of aryl methyl sites for hydroxylation is 1. The van der Waals surface area contributed by atoms with Gasteiger partial charge in [-0.1, -0.05) is 41.4 Å². The van der Waals surface area contributed by atoms with Crippen molar-refractivity contribution in [1.82, 2.24) is 4.31 Å². The molecule has 1 aliphatic rings. The normalized spacial score (nSPS) is 18.3. The van der Waals surface area contributed by atoms with E-state index in [0.717, 1.165) is 31.0 Å². The minimum atomic E-state index is -3.31. The molecule has 1 fully saturated rings. The van der Waals surface area contributed by atoms with E-state index >= 15 is 0 Å². The van der Waals surface area contributed by atoms with Gasteiger partial charge in [-0.05, 0) is 42.9 Å². The summed E-state index contributed by atoms with van der Waals surface area (Å²) in [5.74, 6) is 0.605. The first kappa shape index (κ1) is 16.0. The molecule has 0 atom stereocenters. The van der Waals surface area contributed by atoms with E-state index in [2.05, 4.69) is 22.9 Å². The van der Waals surface area contributed by atoms with Crippen molar-refractivity contribution in [1.29, 1.82) is 0 Å². The Bertz CT molecular complexity index is 519. The Morgan fingerprint density at radius 3 is 2.30 bits per heavy atom. The Hall–Kier alpha value is -0.390. The molecule has 1 saturated heterocycles. The highest BCUT2D eigenvalue weighted by Gasteiger charge is 2.28. The molecule has 5 heteroatoms. The molecule has 1 aromatic carbocycles. The zero-order valence-corrected chi connectivity index (χ0v) is 14.3. The molecule has 1 aliphatic heterocycles. The largest absolute Gasteiger partial charge is 0.243 e. The van der Waals surface area contributed by atoms with E-state index in [1.165, 1.54) is 5.56 Å². The van der Waals surface area contributed by atoms with Crippen molar-refractivity contribution >= 4 is 26.0 Å². The molecular formula is C15H22BrNO2S. The number of hydrogen-bond donors (Lipinski definition) is 0. The Morgan fingerprint density at radius 1 is 1.20 bits per heavy atom. The molecule has 0 radical (unpaired) electrons. The number of nitrogens with zero attached hydrogens (tertiary/aromatic N) is 1. The van der Waals surface area contributed by atoms with Crippen LogP contribution in [0, 0.1) is 5.92 Å². The van der Waals surface area contributed by atoms with Gasteiger partial charge in [-0.3, -0.25) is 0 Å². The molecule has 112 valence electrons. The summed E-state index contributed by atoms with van der Waals surface area (Å²) in [5.41, 5.74) is 1.20. The molecule has 0 spiro atoms. The summed E-state index contributed by atoms with van der Waals surface area (Å²) in [6, 6.07) is 7.36. The van der Waals surface area contributed by atoms with Gasteiger partial charge in [0, 0.05) is 18.4 Å². The van der Waals surface area contributed by atoms with Gasteiger partial charge >= 0.3 is 0 Å². The Kier molecular flexibility index (Phi) is 5.64. The van der Waals surface area contributed by atoms with Crippen LogP contribution in [0.15, 0.2) is 29.2 Å². The van der Waals surface area contributed by atoms with Gasteiger partial charge in [0.1, 0.15) is 0 Å². The number of hydrogen-bond acceptors (Lipinski definition) is 2. The predicted molar refractivity (Wildman–Crippen MR) is 85.7 cm³/mol. The topological polar surface area (TPSA) is 37.4 Å². The van der Waals surface area contributed by atoms with Crippen molar-refractivity contribution in [2.45, 2.75) is 37.5 Å². The lowest BCUT2D eigenvalue weighted by atomic mass is 10.0. The smallest absolute Gasteiger partial charge is 0.207 e. The zero-order chi connectivity index (χ0) is 14.6. The van der Waals surface area contributed by atoms with Crippen LogP contribution in [-0.4, -0.2) is 31.1 Å². The van der Waals surface area contributed by atoms with Gasteiger partial charge in [0.05, 0.1) is 4.90 Å². The van der Waals surface area contributed by atoms with E-state index in [-0.39, 0.29) is 0 Å². The van der Waals surface area contributed by atoms with Gasteiger partial charge < -0.3 is 0 Å². The van der Waals surface area contributed by atoms with Crippen LogP contribution in [0.3, 0.4) is 0 Å². The summed E-state index contributed by atoms with van der Waals surface area (Å²) in [6.45, 7) is 3.39. The number of benzene rings is 1. The first-order valence-electron chi connectivity index (χ1n) is 7.23. The fourth-order valence-corrected chi connectivity index (χ4v) is 4.69. The van der Waals surface area contributed by atoms with Crippen LogP contribution in [-0.2, 0) is 16.4 Å². The average Bonchev–Trinajstić information content (AvgIpc) is 2.48. The third kappa shape index (κ3) is 3.62. The summed E-state index contributed by atoms with van der Waals surface area (Å²) in [6.07, 6.45) is 3.96. The molecule has 0 bridgehead atoms. The van der Waals surface area contributed by atoms with Gasteiger partial charge in [-0.2, -0.15) is 4.31 Å². The number of rotatable bonds is 5. The number of halogens is 1. The zero-order valence-electron chi connectivity index (χ0n) is 11.9. The molecule has 0 aliphatic carbocycles. The van der Waals surface area contributed by atoms with Crippen LogP contribution in [0.2, 0.25) is 0 Å². The molecule has 3 nitrogen and oxygen atoms in total. The highest BCUT2D eigenvalue weighted by atomic mass is 79.9. The van der Waals surface area contributed by atoms with E-state index in [9.17, 15) is 8.42 Å². The quantitative estimate of drug-likeness (QED) is 0.755. The third-order valence-electron chi connectivity index (χ3n) is 3.89. The summed E-state index contributed by atoms with van der Waals surface area (Å²) in [5, 5.41) is 0.965. The lowest BCUT2D eigenvalue weighted by Gasteiger charge is -2.30. The van der Waals surface area contributed by atoms with E-state index in [1.807, 2.05) is 12.1 Å². The van der Waals surface area contributed by atoms with Crippen molar-refractivity contribution in [2.75, 3.05) is 18.4 Å². The maximum Gasteiger partial charge on any atom is 0.243 e. The molecule has 0 amide bonds. The molecule has 0 saturated carbocycles. The minimum Gasteiger partial charge on any atom is -0.207 e. The maximum absolute atomic E-state index is 12.6. The molecule has 20 heavy (non-hydrogen) atoms. The van der Waals surface area contributed by atoms with E-state index in [1.54, 1.807) is 16.4 Å². The van der Waals surface area contributed by atoms with Gasteiger partial charge in [0.2, 0.25) is 10.0 Å². The molecule has 2 rings (SSSR count). The standard InChI is InChI=1S/C15H22BrNO2S/c1-2-3-13-4-6-15(7-5-13)20(18,19)17-10-8-14(12-16)9-11-17/h4-7,14H,2-3,8-12H2,1H3. The Labute approximate surface area is 130 Å². The van der Waals surface area contributed by atoms with Gasteiger partial charge in [0.25, 0.3) is 0 Å². The third-order valence-corrected chi connectivity index (χ3v) is 6.72. The van der Waals surface area contributed by atoms with Crippen molar-refractivity contribution in [2.24, 2.45) is 5.92 Å². The van der Waals surface area contributed by atoms with Crippen LogP contribution >= 0.6 is 15.9 Å². The second kappa shape index (κ2) is 7.05. The highest BCUT2D eigenvalue weighted by molar-refractivity contribution is 9.09. The molecule has 0 N–H and O–H groups in total. The molecule has 1 aromatic rings. The minimum absolute atomic E-state index is 0.426. The van der Waals surface area contributed by atoms with Crippen molar-refractivity contribution < 1.29 is 8.42 Å². The van der Waals surface area contributed by atoms with Crippen molar-refractivity contribution in [3.05, 3.63) is 29.8 Å². The highest BCUT2D eigenvalue weighted by Crippen LogP contribution is 2.25. The van der Waals surface area contributed by atoms with Crippen LogP contribution in [0.4, 0.5) is 0 Å². The predicted octanol–water partition coefficient (Wildman–Crippen LogP) is 3.43. The maximum atomic E-state index is 12.6. The molecule has 0 aromatic heterocycles. The van der Waals surface area contributed by atoms with Crippen LogP contribution < -0.4 is 0 Å². The summed E-state index contributed by atoms with van der Waals surface area (Å²) in [4.78, 5) is 0.426. The Morgan fingerprint density at radius 2 is 1.80 bits per heavy atom. The summed E-state index contributed by atoms with van der Waals surface area (Å²) >= 11 is 3.48. The van der Waals surface area contributed by atoms with Crippen LogP contribution in [0.25, 0.3) is 0 Å². The summed E-state index contributed by atoms with van der Waals surface area (Å²) < 4.78 is 26.8. The van der Waals surface area contributed by atoms with Gasteiger partial charge in [-0.15, -0.1) is 0 Å². The second-order valence-corrected chi connectivity index (χ2v) is 7.98. The molecular weight excluding hydrogens is 338 g/mol. The van der Waals surface area contributed by atoms with Crippen LogP contribution in [0.5, 0.6) is 0 Å². The van der Waals surface area contributed by atoms with Crippen molar-refractivity contribution in [3.63, 3.8) is 0 Å². The first-order valence-corrected chi connectivity index (χ1v) is 9.79. The SMILES string of the molecule is CCCc1ccc(S(=O)(=O)N2CCC(CBr)CC2)cc1. The van der Waals surface area contributed by atoms with E-state index < -0.39 is 10.0 Å². The summed E-state index contributed by atoms with van der Waals surface area (Å²) in [7, 11) is -3.31. The average molecular weight is 360 g/mol. The van der Waals surface area contributed by atoms with Crippen molar-refractivity contribution in [3.8, 4) is 0 Å². The van der Waals surface area contributed by atoms with Gasteiger partial charge in [-0.25, -0.2) is 8.42 Å². The lowest BCUT2D eigenvalue weighted by Crippen LogP contribution is -2.38. The first-order chi connectivity index (χ1) is 9.57. The molecule has 1 heterocycles. The second-order valence-electron chi connectivity index (χ2n) is 5.40. The fourth-order valence-electron chi connectivity index (χ4n) is 2.57. The van der Waals surface area contributed by atoms with E-state index in [4.69, 9.17) is 0 Å². The Balaban J connectivity index is 2.10. The monoisotopic (exact) mass is 359 g/mol. The van der Waals surface area contributed by atoms with Gasteiger partial charge in [0.15, 0.2) is 0 Å². The lowest BCUT2D eigenvalue weighted by molar-refractivity contribution is 0.292. The number of sulfonamides is 1. The van der Waals surface area contributed by atoms with E-state index in [0.29, 0.717) is 23.9 Å².